The van der Waals surface area contributed by atoms with E-state index >= 15 is 0 Å². The Morgan fingerprint density at radius 2 is 2.04 bits per heavy atom. The molecule has 28 heavy (non-hydrogen) atoms. The first kappa shape index (κ1) is 17.8. The number of aromatic amines is 1. The molecule has 0 unspecified atom stereocenters. The van der Waals surface area contributed by atoms with Crippen LogP contribution in [0.4, 0.5) is 5.69 Å². The van der Waals surface area contributed by atoms with Gasteiger partial charge in [-0.2, -0.15) is 0 Å². The third kappa shape index (κ3) is 3.00. The van der Waals surface area contributed by atoms with Crippen LogP contribution in [0.3, 0.4) is 0 Å². The maximum atomic E-state index is 11.8. The van der Waals surface area contributed by atoms with Crippen molar-refractivity contribution in [3.05, 3.63) is 65.2 Å². The molecular formula is C21H20N4O3. The second-order valence-corrected chi connectivity index (χ2v) is 6.63. The summed E-state index contributed by atoms with van der Waals surface area (Å²) in [7, 11) is 0. The molecule has 4 rings (SSSR count). The smallest absolute Gasteiger partial charge is 0.338 e. The Hall–Kier alpha value is -3.61. The Kier molecular flexibility index (Phi) is 4.35. The van der Waals surface area contributed by atoms with Crippen LogP contribution >= 0.6 is 0 Å². The average Bonchev–Trinajstić information content (AvgIpc) is 3.21. The highest BCUT2D eigenvalue weighted by molar-refractivity contribution is 6.30. The molecule has 3 N–H and O–H groups in total. The van der Waals surface area contributed by atoms with E-state index in [1.807, 2.05) is 25.1 Å². The fraction of sp³-hybridized carbons (Fsp3) is 0.190. The number of aliphatic hydroxyl groups excluding tert-OH is 1. The topological polar surface area (TPSA) is 102 Å². The minimum Gasteiger partial charge on any atom is -0.509 e. The number of carbonyl (C=O) groups is 1. The van der Waals surface area contributed by atoms with Gasteiger partial charge < -0.3 is 19.7 Å². The van der Waals surface area contributed by atoms with Gasteiger partial charge in [0, 0.05) is 5.69 Å². The van der Waals surface area contributed by atoms with Crippen molar-refractivity contribution in [3.8, 4) is 0 Å². The summed E-state index contributed by atoms with van der Waals surface area (Å²) in [4.78, 5) is 21.2. The second kappa shape index (κ2) is 6.84. The first-order valence-corrected chi connectivity index (χ1v) is 9.00. The normalized spacial score (nSPS) is 14.2. The molecule has 1 aliphatic rings. The van der Waals surface area contributed by atoms with Gasteiger partial charge in [0.1, 0.15) is 17.4 Å². The minimum atomic E-state index is -0.384. The third-order valence-electron chi connectivity index (χ3n) is 4.67. The molecule has 1 aromatic heterocycles. The van der Waals surface area contributed by atoms with Crippen LogP contribution in [0, 0.1) is 12.3 Å². The molecule has 2 heterocycles. The van der Waals surface area contributed by atoms with Crippen molar-refractivity contribution in [1.82, 2.24) is 9.97 Å². The van der Waals surface area contributed by atoms with Crippen molar-refractivity contribution >= 4 is 34.1 Å². The zero-order valence-corrected chi connectivity index (χ0v) is 15.6. The Bertz CT molecular complexity index is 1110. The Balaban J connectivity index is 1.61. The minimum absolute atomic E-state index is 0.0789. The van der Waals surface area contributed by atoms with Gasteiger partial charge in [0.25, 0.3) is 0 Å². The molecule has 0 spiro atoms. The number of aryl methyl sites for hydroxylation is 1. The van der Waals surface area contributed by atoms with Crippen molar-refractivity contribution in [3.63, 3.8) is 0 Å². The van der Waals surface area contributed by atoms with Crippen molar-refractivity contribution in [2.24, 2.45) is 0 Å². The standard InChI is InChI=1S/C21H20N4O3/c1-3-28-21(27)13-5-7-14(8-6-13)25-11-17(26)18(19(25)22)20-23-15-9-4-12(2)10-16(15)24-20/h4-10,22,26H,3,11H2,1-2H3,(H,23,24). The van der Waals surface area contributed by atoms with Gasteiger partial charge >= 0.3 is 5.97 Å². The number of esters is 1. The number of benzene rings is 2. The van der Waals surface area contributed by atoms with Crippen molar-refractivity contribution < 1.29 is 14.6 Å². The number of hydrogen-bond donors (Lipinski definition) is 3. The number of fused-ring (bicyclic) bond motifs is 1. The largest absolute Gasteiger partial charge is 0.509 e. The molecule has 7 nitrogen and oxygen atoms in total. The van der Waals surface area contributed by atoms with Gasteiger partial charge in [-0.1, -0.05) is 6.07 Å². The Labute approximate surface area is 161 Å². The molecule has 1 aliphatic heterocycles. The molecule has 0 saturated carbocycles. The van der Waals surface area contributed by atoms with E-state index in [2.05, 4.69) is 9.97 Å². The van der Waals surface area contributed by atoms with Crippen molar-refractivity contribution in [1.29, 1.82) is 5.41 Å². The number of anilines is 1. The van der Waals surface area contributed by atoms with Crippen LogP contribution in [0.5, 0.6) is 0 Å². The van der Waals surface area contributed by atoms with E-state index in [-0.39, 0.29) is 24.1 Å². The summed E-state index contributed by atoms with van der Waals surface area (Å²) in [6.45, 7) is 4.24. The zero-order valence-electron chi connectivity index (χ0n) is 15.6. The van der Waals surface area contributed by atoms with Crippen LogP contribution in [0.25, 0.3) is 16.6 Å². The van der Waals surface area contributed by atoms with Crippen molar-refractivity contribution in [2.45, 2.75) is 13.8 Å². The van der Waals surface area contributed by atoms with E-state index in [1.165, 1.54) is 0 Å². The number of nitrogens with one attached hydrogen (secondary N) is 2. The molecule has 142 valence electrons. The van der Waals surface area contributed by atoms with Gasteiger partial charge in [-0.05, 0) is 55.8 Å². The zero-order chi connectivity index (χ0) is 19.8. The van der Waals surface area contributed by atoms with E-state index in [0.29, 0.717) is 29.3 Å². The molecule has 0 bridgehead atoms. The number of amidine groups is 1. The molecule has 0 fully saturated rings. The predicted octanol–water partition coefficient (Wildman–Crippen LogP) is 3.81. The summed E-state index contributed by atoms with van der Waals surface area (Å²) in [5, 5.41) is 19.0. The molecule has 7 heteroatoms. The molecule has 0 saturated heterocycles. The molecule has 0 radical (unpaired) electrons. The van der Waals surface area contributed by atoms with E-state index in [4.69, 9.17) is 10.1 Å². The lowest BCUT2D eigenvalue weighted by Crippen LogP contribution is -2.26. The van der Waals surface area contributed by atoms with Crippen LogP contribution in [-0.2, 0) is 4.74 Å². The SMILES string of the molecule is CCOC(=O)c1ccc(N2CC(O)=C(c3nc4ccc(C)cc4[nH]3)C2=N)cc1. The average molecular weight is 376 g/mol. The summed E-state index contributed by atoms with van der Waals surface area (Å²) < 4.78 is 4.99. The van der Waals surface area contributed by atoms with Crippen LogP contribution < -0.4 is 4.90 Å². The van der Waals surface area contributed by atoms with Crippen molar-refractivity contribution in [2.75, 3.05) is 18.1 Å². The van der Waals surface area contributed by atoms with E-state index < -0.39 is 0 Å². The molecule has 0 amide bonds. The lowest BCUT2D eigenvalue weighted by Gasteiger charge is -2.18. The number of rotatable bonds is 4. The van der Waals surface area contributed by atoms with Crippen LogP contribution in [0.2, 0.25) is 0 Å². The molecule has 3 aromatic rings. The second-order valence-electron chi connectivity index (χ2n) is 6.63. The lowest BCUT2D eigenvalue weighted by molar-refractivity contribution is 0.0526. The van der Waals surface area contributed by atoms with Gasteiger partial charge in [0.05, 0.1) is 35.3 Å². The predicted molar refractivity (Wildman–Crippen MR) is 108 cm³/mol. The monoisotopic (exact) mass is 376 g/mol. The number of carbonyl (C=O) groups excluding carboxylic acids is 1. The van der Waals surface area contributed by atoms with Gasteiger partial charge in [0.2, 0.25) is 0 Å². The summed E-state index contributed by atoms with van der Waals surface area (Å²) in [6.07, 6.45) is 0. The fourth-order valence-electron chi connectivity index (χ4n) is 3.28. The first-order chi connectivity index (χ1) is 13.5. The quantitative estimate of drug-likeness (QED) is 0.601. The van der Waals surface area contributed by atoms with Gasteiger partial charge in [-0.25, -0.2) is 9.78 Å². The third-order valence-corrected chi connectivity index (χ3v) is 4.67. The Morgan fingerprint density at radius 3 is 2.75 bits per heavy atom. The van der Waals surface area contributed by atoms with Crippen LogP contribution in [0.1, 0.15) is 28.7 Å². The van der Waals surface area contributed by atoms with E-state index in [0.717, 1.165) is 16.6 Å². The van der Waals surface area contributed by atoms with E-state index in [1.54, 1.807) is 36.1 Å². The summed E-state index contributed by atoms with van der Waals surface area (Å²) in [5.74, 6) is 0.311. The number of hydrogen-bond acceptors (Lipinski definition) is 5. The van der Waals surface area contributed by atoms with Crippen LogP contribution in [-0.4, -0.2) is 40.0 Å². The number of H-pyrrole nitrogens is 1. The highest BCUT2D eigenvalue weighted by atomic mass is 16.5. The van der Waals surface area contributed by atoms with Gasteiger partial charge in [-0.3, -0.25) is 5.41 Å². The number of imidazole rings is 1. The summed E-state index contributed by atoms with van der Waals surface area (Å²) in [6, 6.07) is 12.6. The number of aromatic nitrogens is 2. The van der Waals surface area contributed by atoms with Crippen LogP contribution in [0.15, 0.2) is 48.2 Å². The lowest BCUT2D eigenvalue weighted by atomic mass is 10.2. The maximum Gasteiger partial charge on any atom is 0.338 e. The first-order valence-electron chi connectivity index (χ1n) is 9.00. The number of aliphatic hydroxyl groups is 1. The molecule has 0 atom stereocenters. The Morgan fingerprint density at radius 1 is 1.29 bits per heavy atom. The highest BCUT2D eigenvalue weighted by Gasteiger charge is 2.31. The number of nitrogens with zero attached hydrogens (tertiary/aromatic N) is 2. The maximum absolute atomic E-state index is 11.8. The molecular weight excluding hydrogens is 356 g/mol. The van der Waals surface area contributed by atoms with Gasteiger partial charge in [0.15, 0.2) is 0 Å². The number of ether oxygens (including phenoxy) is 1. The highest BCUT2D eigenvalue weighted by Crippen LogP contribution is 2.31. The fourth-order valence-corrected chi connectivity index (χ4v) is 3.28. The van der Waals surface area contributed by atoms with Gasteiger partial charge in [-0.15, -0.1) is 0 Å². The van der Waals surface area contributed by atoms with E-state index in [9.17, 15) is 9.90 Å². The summed E-state index contributed by atoms with van der Waals surface area (Å²) >= 11 is 0. The molecule has 2 aromatic carbocycles. The molecule has 0 aliphatic carbocycles. The summed E-state index contributed by atoms with van der Waals surface area (Å²) in [5.41, 5.74) is 4.27.